The first kappa shape index (κ1) is 15.0. The first-order valence-electron chi connectivity index (χ1n) is 7.68. The number of hydrogen-bond donors (Lipinski definition) is 2. The largest absolute Gasteiger partial charge is 0.379 e. The van der Waals surface area contributed by atoms with Gasteiger partial charge in [0, 0.05) is 30.6 Å². The summed E-state index contributed by atoms with van der Waals surface area (Å²) in [7, 11) is 0. The second-order valence-electron chi connectivity index (χ2n) is 5.64. The normalized spacial score (nSPS) is 21.1. The van der Waals surface area contributed by atoms with E-state index in [0.29, 0.717) is 19.1 Å². The number of morpholine rings is 1. The van der Waals surface area contributed by atoms with Crippen LogP contribution in [0.25, 0.3) is 0 Å². The number of nitrogens with zero attached hydrogens (tertiary/aromatic N) is 1. The van der Waals surface area contributed by atoms with Crippen LogP contribution in [-0.4, -0.2) is 56.2 Å². The van der Waals surface area contributed by atoms with Gasteiger partial charge in [0.25, 0.3) is 0 Å². The summed E-state index contributed by atoms with van der Waals surface area (Å²) >= 11 is 1.76. The van der Waals surface area contributed by atoms with Crippen LogP contribution in [0.3, 0.4) is 0 Å². The molecule has 1 unspecified atom stereocenters. The summed E-state index contributed by atoms with van der Waals surface area (Å²) in [5.41, 5.74) is 0. The van der Waals surface area contributed by atoms with Gasteiger partial charge < -0.3 is 15.4 Å². The van der Waals surface area contributed by atoms with Crippen LogP contribution in [0, 0.1) is 0 Å². The number of carbonyl (C=O) groups excluding carboxylic acids is 1. The molecule has 1 aromatic rings. The zero-order valence-electron chi connectivity index (χ0n) is 12.2. The monoisotopic (exact) mass is 309 g/mol. The molecule has 0 bridgehead atoms. The highest BCUT2D eigenvalue weighted by atomic mass is 32.1. The fourth-order valence-corrected chi connectivity index (χ4v) is 3.44. The highest BCUT2D eigenvalue weighted by Gasteiger charge is 2.25. The van der Waals surface area contributed by atoms with E-state index in [0.717, 1.165) is 26.3 Å². The molecule has 2 heterocycles. The van der Waals surface area contributed by atoms with Crippen molar-refractivity contribution in [2.45, 2.75) is 24.9 Å². The highest BCUT2D eigenvalue weighted by Crippen LogP contribution is 2.25. The quantitative estimate of drug-likeness (QED) is 0.789. The Bertz CT molecular complexity index is 442. The fourth-order valence-electron chi connectivity index (χ4n) is 2.58. The molecule has 1 saturated carbocycles. The lowest BCUT2D eigenvalue weighted by atomic mass is 10.2. The van der Waals surface area contributed by atoms with E-state index in [4.69, 9.17) is 4.74 Å². The van der Waals surface area contributed by atoms with E-state index in [1.165, 1.54) is 17.7 Å². The molecule has 0 radical (unpaired) electrons. The standard InChI is InChI=1S/C15H23N3O2S/c19-15(11-16-12-3-4-12)17-10-13(14-2-1-9-21-14)18-5-7-20-8-6-18/h1-2,9,12-13,16H,3-8,10-11H2,(H,17,19). The van der Waals surface area contributed by atoms with Gasteiger partial charge in [-0.2, -0.15) is 0 Å². The fraction of sp³-hybridized carbons (Fsp3) is 0.667. The molecule has 6 heteroatoms. The van der Waals surface area contributed by atoms with Gasteiger partial charge in [0.15, 0.2) is 0 Å². The highest BCUT2D eigenvalue weighted by molar-refractivity contribution is 7.10. The first-order valence-corrected chi connectivity index (χ1v) is 8.56. The summed E-state index contributed by atoms with van der Waals surface area (Å²) in [4.78, 5) is 15.6. The Balaban J connectivity index is 1.52. The van der Waals surface area contributed by atoms with Gasteiger partial charge in [-0.05, 0) is 24.3 Å². The Labute approximate surface area is 129 Å². The van der Waals surface area contributed by atoms with Gasteiger partial charge in [0.05, 0.1) is 25.8 Å². The van der Waals surface area contributed by atoms with Crippen LogP contribution < -0.4 is 10.6 Å². The van der Waals surface area contributed by atoms with Crippen LogP contribution in [0.2, 0.25) is 0 Å². The van der Waals surface area contributed by atoms with Crippen molar-refractivity contribution in [1.82, 2.24) is 15.5 Å². The van der Waals surface area contributed by atoms with Crippen molar-refractivity contribution in [3.8, 4) is 0 Å². The average molecular weight is 309 g/mol. The van der Waals surface area contributed by atoms with Crippen LogP contribution in [0.15, 0.2) is 17.5 Å². The summed E-state index contributed by atoms with van der Waals surface area (Å²) in [6.45, 7) is 4.52. The predicted octanol–water partition coefficient (Wildman–Crippen LogP) is 0.990. The molecule has 2 fully saturated rings. The van der Waals surface area contributed by atoms with Gasteiger partial charge in [-0.25, -0.2) is 0 Å². The third-order valence-corrected chi connectivity index (χ3v) is 4.95. The molecule has 1 aliphatic carbocycles. The number of rotatable bonds is 7. The van der Waals surface area contributed by atoms with Crippen molar-refractivity contribution in [3.63, 3.8) is 0 Å². The molecular weight excluding hydrogens is 286 g/mol. The number of nitrogens with one attached hydrogen (secondary N) is 2. The third kappa shape index (κ3) is 4.51. The molecule has 1 aliphatic heterocycles. The van der Waals surface area contributed by atoms with E-state index in [1.54, 1.807) is 11.3 Å². The minimum absolute atomic E-state index is 0.0942. The van der Waals surface area contributed by atoms with Crippen LogP contribution in [0.1, 0.15) is 23.8 Å². The topological polar surface area (TPSA) is 53.6 Å². The van der Waals surface area contributed by atoms with Crippen molar-refractivity contribution in [2.75, 3.05) is 39.4 Å². The molecule has 2 N–H and O–H groups in total. The summed E-state index contributed by atoms with van der Waals surface area (Å²) in [6, 6.07) is 5.06. The Morgan fingerprint density at radius 2 is 2.24 bits per heavy atom. The third-order valence-electron chi connectivity index (χ3n) is 3.98. The second-order valence-corrected chi connectivity index (χ2v) is 6.62. The number of thiophene rings is 1. The van der Waals surface area contributed by atoms with Gasteiger partial charge in [-0.15, -0.1) is 11.3 Å². The number of amides is 1. The van der Waals surface area contributed by atoms with Gasteiger partial charge in [-0.1, -0.05) is 6.07 Å². The maximum Gasteiger partial charge on any atom is 0.234 e. The van der Waals surface area contributed by atoms with Crippen molar-refractivity contribution >= 4 is 17.2 Å². The maximum atomic E-state index is 11.9. The van der Waals surface area contributed by atoms with Crippen LogP contribution >= 0.6 is 11.3 Å². The zero-order chi connectivity index (χ0) is 14.5. The molecule has 1 amide bonds. The number of ether oxygens (including phenoxy) is 1. The van der Waals surface area contributed by atoms with E-state index < -0.39 is 0 Å². The molecule has 0 aromatic carbocycles. The van der Waals surface area contributed by atoms with Crippen LogP contribution in [0.5, 0.6) is 0 Å². The van der Waals surface area contributed by atoms with E-state index >= 15 is 0 Å². The second kappa shape index (κ2) is 7.35. The SMILES string of the molecule is O=C(CNC1CC1)NCC(c1cccs1)N1CCOCC1. The minimum atomic E-state index is 0.0942. The van der Waals surface area contributed by atoms with Crippen molar-refractivity contribution in [3.05, 3.63) is 22.4 Å². The van der Waals surface area contributed by atoms with Gasteiger partial charge in [0.1, 0.15) is 0 Å². The minimum Gasteiger partial charge on any atom is -0.379 e. The Morgan fingerprint density at radius 1 is 1.43 bits per heavy atom. The van der Waals surface area contributed by atoms with E-state index in [-0.39, 0.29) is 11.9 Å². The Kier molecular flexibility index (Phi) is 5.24. The average Bonchev–Trinajstić information content (AvgIpc) is 3.20. The molecule has 5 nitrogen and oxygen atoms in total. The van der Waals surface area contributed by atoms with Gasteiger partial charge in [0.2, 0.25) is 5.91 Å². The Hall–Kier alpha value is -0.950. The van der Waals surface area contributed by atoms with E-state index in [2.05, 4.69) is 33.0 Å². The molecule has 116 valence electrons. The van der Waals surface area contributed by atoms with Crippen molar-refractivity contribution in [2.24, 2.45) is 0 Å². The van der Waals surface area contributed by atoms with Crippen LogP contribution in [0.4, 0.5) is 0 Å². The van der Waals surface area contributed by atoms with Crippen molar-refractivity contribution in [1.29, 1.82) is 0 Å². The van der Waals surface area contributed by atoms with Crippen LogP contribution in [-0.2, 0) is 9.53 Å². The number of hydrogen-bond acceptors (Lipinski definition) is 5. The summed E-state index contributed by atoms with van der Waals surface area (Å²) in [5, 5.41) is 8.42. The molecule has 0 spiro atoms. The lowest BCUT2D eigenvalue weighted by Crippen LogP contribution is -2.45. The summed E-state index contributed by atoms with van der Waals surface area (Å²) in [5.74, 6) is 0.0942. The molecule has 1 atom stereocenters. The predicted molar refractivity (Wildman–Crippen MR) is 83.5 cm³/mol. The summed E-state index contributed by atoms with van der Waals surface area (Å²) < 4.78 is 5.43. The lowest BCUT2D eigenvalue weighted by Gasteiger charge is -2.34. The van der Waals surface area contributed by atoms with Gasteiger partial charge >= 0.3 is 0 Å². The van der Waals surface area contributed by atoms with E-state index in [9.17, 15) is 4.79 Å². The van der Waals surface area contributed by atoms with E-state index in [1.807, 2.05) is 0 Å². The van der Waals surface area contributed by atoms with Crippen molar-refractivity contribution < 1.29 is 9.53 Å². The molecular formula is C15H23N3O2S. The smallest absolute Gasteiger partial charge is 0.234 e. The maximum absolute atomic E-state index is 11.9. The molecule has 1 saturated heterocycles. The molecule has 21 heavy (non-hydrogen) atoms. The van der Waals surface area contributed by atoms with Gasteiger partial charge in [-0.3, -0.25) is 9.69 Å². The zero-order valence-corrected chi connectivity index (χ0v) is 13.0. The lowest BCUT2D eigenvalue weighted by molar-refractivity contribution is -0.120. The molecule has 2 aliphatic rings. The Morgan fingerprint density at radius 3 is 2.90 bits per heavy atom. The molecule has 1 aromatic heterocycles. The molecule has 3 rings (SSSR count). The summed E-state index contributed by atoms with van der Waals surface area (Å²) in [6.07, 6.45) is 2.41. The number of carbonyl (C=O) groups is 1. The first-order chi connectivity index (χ1) is 10.3.